The number of nitrogens with one attached hydrogen (secondary N) is 1. The van der Waals surface area contributed by atoms with Crippen molar-refractivity contribution in [3.8, 4) is 0 Å². The minimum atomic E-state index is -0.183. The summed E-state index contributed by atoms with van der Waals surface area (Å²) >= 11 is 1.68. The van der Waals surface area contributed by atoms with Crippen molar-refractivity contribution in [2.24, 2.45) is 5.92 Å². The van der Waals surface area contributed by atoms with Gasteiger partial charge in [-0.3, -0.25) is 0 Å². The molecule has 1 heterocycles. The lowest BCUT2D eigenvalue weighted by molar-refractivity contribution is 0.512. The first-order valence-corrected chi connectivity index (χ1v) is 8.29. The van der Waals surface area contributed by atoms with Crippen LogP contribution in [0.1, 0.15) is 36.0 Å². The van der Waals surface area contributed by atoms with Crippen LogP contribution in [0.15, 0.2) is 29.6 Å². The van der Waals surface area contributed by atoms with Crippen LogP contribution >= 0.6 is 11.3 Å². The minimum Gasteiger partial charge on any atom is -0.316 e. The van der Waals surface area contributed by atoms with Crippen molar-refractivity contribution >= 4 is 11.3 Å². The Bertz CT molecular complexity index is 548. The van der Waals surface area contributed by atoms with E-state index in [1.54, 1.807) is 11.3 Å². The predicted molar refractivity (Wildman–Crippen MR) is 87.4 cm³/mol. The van der Waals surface area contributed by atoms with Gasteiger partial charge in [0.2, 0.25) is 0 Å². The summed E-state index contributed by atoms with van der Waals surface area (Å²) in [5.74, 6) is 0.767. The summed E-state index contributed by atoms with van der Waals surface area (Å²) < 4.78 is 13.1. The van der Waals surface area contributed by atoms with E-state index in [4.69, 9.17) is 0 Å². The molecule has 1 atom stereocenters. The van der Waals surface area contributed by atoms with E-state index in [9.17, 15) is 4.39 Å². The molecule has 2 rings (SSSR count). The molecule has 0 saturated heterocycles. The van der Waals surface area contributed by atoms with Crippen molar-refractivity contribution in [3.05, 3.63) is 51.7 Å². The first-order valence-electron chi connectivity index (χ1n) is 7.41. The standard InChI is InChI=1S/C17H23FN2S/c1-12(2)9-19-10-15(8-17-11-21-13(3)20-17)14-4-6-16(18)7-5-14/h4-7,11-12,15,19H,8-10H2,1-3H3. The normalized spacial score (nSPS) is 12.8. The molecular formula is C17H23FN2S. The Morgan fingerprint density at radius 3 is 2.48 bits per heavy atom. The van der Waals surface area contributed by atoms with Crippen LogP contribution < -0.4 is 5.32 Å². The van der Waals surface area contributed by atoms with E-state index in [1.165, 1.54) is 17.7 Å². The second kappa shape index (κ2) is 7.66. The highest BCUT2D eigenvalue weighted by molar-refractivity contribution is 7.09. The number of hydrogen-bond donors (Lipinski definition) is 1. The number of rotatable bonds is 7. The monoisotopic (exact) mass is 306 g/mol. The Labute approximate surface area is 130 Å². The summed E-state index contributed by atoms with van der Waals surface area (Å²) in [5.41, 5.74) is 2.29. The molecule has 1 aromatic heterocycles. The maximum absolute atomic E-state index is 13.1. The van der Waals surface area contributed by atoms with Gasteiger partial charge < -0.3 is 5.32 Å². The van der Waals surface area contributed by atoms with Gasteiger partial charge in [-0.2, -0.15) is 0 Å². The fraction of sp³-hybridized carbons (Fsp3) is 0.471. The lowest BCUT2D eigenvalue weighted by atomic mass is 9.94. The van der Waals surface area contributed by atoms with Crippen molar-refractivity contribution in [2.75, 3.05) is 13.1 Å². The zero-order chi connectivity index (χ0) is 15.2. The second-order valence-electron chi connectivity index (χ2n) is 5.86. The van der Waals surface area contributed by atoms with Crippen LogP contribution in [0.25, 0.3) is 0 Å². The Balaban J connectivity index is 2.07. The molecule has 114 valence electrons. The van der Waals surface area contributed by atoms with Gasteiger partial charge in [0.25, 0.3) is 0 Å². The molecule has 0 spiro atoms. The highest BCUT2D eigenvalue weighted by Gasteiger charge is 2.14. The van der Waals surface area contributed by atoms with Gasteiger partial charge in [0.15, 0.2) is 0 Å². The van der Waals surface area contributed by atoms with Gasteiger partial charge in [0.05, 0.1) is 10.7 Å². The molecule has 1 aromatic carbocycles. The third-order valence-electron chi connectivity index (χ3n) is 3.41. The van der Waals surface area contributed by atoms with Crippen molar-refractivity contribution < 1.29 is 4.39 Å². The van der Waals surface area contributed by atoms with Gasteiger partial charge in [-0.05, 0) is 43.5 Å². The molecule has 1 N–H and O–H groups in total. The number of thiazole rings is 1. The molecule has 0 fully saturated rings. The zero-order valence-electron chi connectivity index (χ0n) is 12.9. The van der Waals surface area contributed by atoms with Crippen LogP contribution in [0.3, 0.4) is 0 Å². The van der Waals surface area contributed by atoms with Gasteiger partial charge in [0, 0.05) is 17.8 Å². The molecule has 0 amide bonds. The predicted octanol–water partition coefficient (Wildman–Crippen LogP) is 4.16. The summed E-state index contributed by atoms with van der Waals surface area (Å²) in [6, 6.07) is 6.85. The highest BCUT2D eigenvalue weighted by atomic mass is 32.1. The fourth-order valence-corrected chi connectivity index (χ4v) is 2.97. The Morgan fingerprint density at radius 1 is 1.19 bits per heavy atom. The van der Waals surface area contributed by atoms with Crippen molar-refractivity contribution in [3.63, 3.8) is 0 Å². The number of benzene rings is 1. The summed E-state index contributed by atoms with van der Waals surface area (Å²) in [6.45, 7) is 8.31. The molecule has 1 unspecified atom stereocenters. The number of nitrogens with zero attached hydrogens (tertiary/aromatic N) is 1. The average molecular weight is 306 g/mol. The first kappa shape index (κ1) is 16.1. The van der Waals surface area contributed by atoms with Gasteiger partial charge in [0.1, 0.15) is 5.82 Å². The van der Waals surface area contributed by atoms with E-state index >= 15 is 0 Å². The first-order chi connectivity index (χ1) is 10.0. The van der Waals surface area contributed by atoms with E-state index < -0.39 is 0 Å². The Kier molecular flexibility index (Phi) is 5.88. The SMILES string of the molecule is Cc1nc(CC(CNCC(C)C)c2ccc(F)cc2)cs1. The van der Waals surface area contributed by atoms with Crippen molar-refractivity contribution in [2.45, 2.75) is 33.1 Å². The molecule has 0 bridgehead atoms. The zero-order valence-corrected chi connectivity index (χ0v) is 13.7. The van der Waals surface area contributed by atoms with Gasteiger partial charge in [-0.1, -0.05) is 26.0 Å². The molecular weight excluding hydrogens is 283 g/mol. The number of aromatic nitrogens is 1. The van der Waals surface area contributed by atoms with Crippen LogP contribution in [-0.2, 0) is 6.42 Å². The Hall–Kier alpha value is -1.26. The molecule has 4 heteroatoms. The molecule has 0 saturated carbocycles. The van der Waals surface area contributed by atoms with Crippen LogP contribution in [0, 0.1) is 18.7 Å². The molecule has 0 aliphatic heterocycles. The molecule has 0 aliphatic carbocycles. The summed E-state index contributed by atoms with van der Waals surface area (Å²) in [6.07, 6.45) is 0.890. The largest absolute Gasteiger partial charge is 0.316 e. The smallest absolute Gasteiger partial charge is 0.123 e. The molecule has 21 heavy (non-hydrogen) atoms. The summed E-state index contributed by atoms with van der Waals surface area (Å²) in [5, 5.41) is 6.72. The molecule has 0 radical (unpaired) electrons. The molecule has 2 aromatic rings. The summed E-state index contributed by atoms with van der Waals surface area (Å²) in [7, 11) is 0. The second-order valence-corrected chi connectivity index (χ2v) is 6.92. The summed E-state index contributed by atoms with van der Waals surface area (Å²) in [4.78, 5) is 4.55. The van der Waals surface area contributed by atoms with E-state index in [2.05, 4.69) is 29.5 Å². The third-order valence-corrected chi connectivity index (χ3v) is 4.23. The van der Waals surface area contributed by atoms with E-state index in [1.807, 2.05) is 19.1 Å². The third kappa shape index (κ3) is 5.21. The number of hydrogen-bond acceptors (Lipinski definition) is 3. The number of halogens is 1. The van der Waals surface area contributed by atoms with Crippen LogP contribution in [0.2, 0.25) is 0 Å². The lowest BCUT2D eigenvalue weighted by Gasteiger charge is -2.18. The fourth-order valence-electron chi connectivity index (χ4n) is 2.34. The molecule has 0 aliphatic rings. The van der Waals surface area contributed by atoms with Crippen molar-refractivity contribution in [1.82, 2.24) is 10.3 Å². The average Bonchev–Trinajstić information content (AvgIpc) is 2.84. The highest BCUT2D eigenvalue weighted by Crippen LogP contribution is 2.22. The van der Waals surface area contributed by atoms with E-state index in [-0.39, 0.29) is 5.82 Å². The lowest BCUT2D eigenvalue weighted by Crippen LogP contribution is -2.26. The van der Waals surface area contributed by atoms with Gasteiger partial charge in [-0.25, -0.2) is 9.37 Å². The van der Waals surface area contributed by atoms with Crippen LogP contribution in [-0.4, -0.2) is 18.1 Å². The van der Waals surface area contributed by atoms with Crippen LogP contribution in [0.5, 0.6) is 0 Å². The minimum absolute atomic E-state index is 0.183. The van der Waals surface area contributed by atoms with Crippen LogP contribution in [0.4, 0.5) is 4.39 Å². The molecule has 2 nitrogen and oxygen atoms in total. The van der Waals surface area contributed by atoms with Gasteiger partial charge in [-0.15, -0.1) is 11.3 Å². The topological polar surface area (TPSA) is 24.9 Å². The van der Waals surface area contributed by atoms with Crippen molar-refractivity contribution in [1.29, 1.82) is 0 Å². The van der Waals surface area contributed by atoms with E-state index in [0.717, 1.165) is 30.2 Å². The Morgan fingerprint density at radius 2 is 1.90 bits per heavy atom. The van der Waals surface area contributed by atoms with E-state index in [0.29, 0.717) is 11.8 Å². The number of aryl methyl sites for hydroxylation is 1. The van der Waals surface area contributed by atoms with Gasteiger partial charge >= 0.3 is 0 Å². The maximum Gasteiger partial charge on any atom is 0.123 e. The quantitative estimate of drug-likeness (QED) is 0.830. The maximum atomic E-state index is 13.1.